The van der Waals surface area contributed by atoms with Crippen molar-refractivity contribution in [3.8, 4) is 0 Å². The van der Waals surface area contributed by atoms with E-state index in [9.17, 15) is 4.79 Å². The van der Waals surface area contributed by atoms with Crippen LogP contribution in [-0.2, 0) is 11.8 Å². The maximum absolute atomic E-state index is 12.3. The minimum Gasteiger partial charge on any atom is -0.341 e. The molecule has 1 saturated heterocycles. The largest absolute Gasteiger partial charge is 0.341 e. The molecule has 1 amide bonds. The minimum atomic E-state index is -0.0540. The summed E-state index contributed by atoms with van der Waals surface area (Å²) in [6.07, 6.45) is 4.74. The van der Waals surface area contributed by atoms with E-state index in [1.54, 1.807) is 4.68 Å². The summed E-state index contributed by atoms with van der Waals surface area (Å²) in [5.41, 5.74) is 0.884. The zero-order chi connectivity index (χ0) is 19.0. The Morgan fingerprint density at radius 3 is 2.63 bits per heavy atom. The Balaban J connectivity index is 1.41. The lowest BCUT2D eigenvalue weighted by atomic mass is 10.00. The first kappa shape index (κ1) is 18.3. The number of nitrogens with one attached hydrogen (secondary N) is 1. The van der Waals surface area contributed by atoms with Gasteiger partial charge in [0.15, 0.2) is 5.16 Å². The van der Waals surface area contributed by atoms with Crippen molar-refractivity contribution in [3.63, 3.8) is 0 Å². The number of nitrogens with zero attached hydrogens (tertiary/aromatic N) is 6. The number of amides is 1. The van der Waals surface area contributed by atoms with Crippen molar-refractivity contribution in [2.45, 2.75) is 50.7 Å². The van der Waals surface area contributed by atoms with Gasteiger partial charge in [-0.15, -0.1) is 10.2 Å². The molecule has 4 rings (SSSR count). The normalized spacial score (nSPS) is 18.1. The highest BCUT2D eigenvalue weighted by Gasteiger charge is 2.32. The van der Waals surface area contributed by atoms with E-state index >= 15 is 0 Å². The molecule has 0 radical (unpaired) electrons. The Kier molecular flexibility index (Phi) is 5.12. The molecule has 1 saturated carbocycles. The molecular weight excluding hydrogens is 362 g/mol. The third-order valence-corrected chi connectivity index (χ3v) is 6.17. The fourth-order valence-corrected chi connectivity index (χ4v) is 4.28. The molecule has 9 heteroatoms. The van der Waals surface area contributed by atoms with Crippen LogP contribution in [0.25, 0.3) is 0 Å². The van der Waals surface area contributed by atoms with E-state index in [4.69, 9.17) is 0 Å². The third-order valence-electron chi connectivity index (χ3n) is 5.23. The van der Waals surface area contributed by atoms with E-state index in [0.717, 1.165) is 35.8 Å². The van der Waals surface area contributed by atoms with E-state index in [1.165, 1.54) is 37.4 Å². The van der Waals surface area contributed by atoms with E-state index in [0.29, 0.717) is 17.6 Å². The summed E-state index contributed by atoms with van der Waals surface area (Å²) in [5.74, 6) is 2.74. The maximum atomic E-state index is 12.3. The van der Waals surface area contributed by atoms with Gasteiger partial charge in [0.25, 0.3) is 0 Å². The van der Waals surface area contributed by atoms with Gasteiger partial charge in [-0.25, -0.2) is 0 Å². The SMILES string of the molecule is Cc1cc(NC(=O)CSc2nnc(N3CCC(C)CC3)n2C2CC2)n(C)n1. The predicted octanol–water partition coefficient (Wildman–Crippen LogP) is 2.62. The van der Waals surface area contributed by atoms with Gasteiger partial charge in [0.1, 0.15) is 5.82 Å². The van der Waals surface area contributed by atoms with Gasteiger partial charge in [0.05, 0.1) is 11.4 Å². The summed E-state index contributed by atoms with van der Waals surface area (Å²) in [7, 11) is 1.82. The minimum absolute atomic E-state index is 0.0540. The second-order valence-corrected chi connectivity index (χ2v) is 8.63. The second-order valence-electron chi connectivity index (χ2n) is 7.68. The second kappa shape index (κ2) is 7.53. The van der Waals surface area contributed by atoms with Crippen molar-refractivity contribution in [2.75, 3.05) is 29.1 Å². The Bertz CT molecular complexity index is 818. The van der Waals surface area contributed by atoms with Gasteiger partial charge in [0.2, 0.25) is 11.9 Å². The van der Waals surface area contributed by atoms with Crippen LogP contribution in [0.5, 0.6) is 0 Å². The fourth-order valence-electron chi connectivity index (χ4n) is 3.48. The van der Waals surface area contributed by atoms with Crippen LogP contribution in [-0.4, -0.2) is 49.3 Å². The maximum Gasteiger partial charge on any atom is 0.235 e. The highest BCUT2D eigenvalue weighted by Crippen LogP contribution is 2.41. The first-order valence-corrected chi connectivity index (χ1v) is 10.6. The molecular formula is C18H27N7OS. The smallest absolute Gasteiger partial charge is 0.235 e. The summed E-state index contributed by atoms with van der Waals surface area (Å²) in [5, 5.41) is 16.9. The van der Waals surface area contributed by atoms with E-state index < -0.39 is 0 Å². The van der Waals surface area contributed by atoms with Crippen LogP contribution in [0.2, 0.25) is 0 Å². The summed E-state index contributed by atoms with van der Waals surface area (Å²) in [6, 6.07) is 2.35. The van der Waals surface area contributed by atoms with Gasteiger partial charge >= 0.3 is 0 Å². The molecule has 0 bridgehead atoms. The number of piperidine rings is 1. The Hall–Kier alpha value is -2.03. The molecule has 8 nitrogen and oxygen atoms in total. The number of carbonyl (C=O) groups is 1. The van der Waals surface area contributed by atoms with Crippen LogP contribution in [0, 0.1) is 12.8 Å². The number of aryl methyl sites for hydroxylation is 2. The van der Waals surface area contributed by atoms with Gasteiger partial charge in [-0.1, -0.05) is 18.7 Å². The monoisotopic (exact) mass is 389 g/mol. The van der Waals surface area contributed by atoms with Crippen LogP contribution in [0.15, 0.2) is 11.2 Å². The van der Waals surface area contributed by atoms with Crippen LogP contribution in [0.3, 0.4) is 0 Å². The van der Waals surface area contributed by atoms with Gasteiger partial charge in [-0.2, -0.15) is 5.10 Å². The van der Waals surface area contributed by atoms with Gasteiger partial charge in [-0.05, 0) is 38.5 Å². The lowest BCUT2D eigenvalue weighted by molar-refractivity contribution is -0.113. The first-order chi connectivity index (χ1) is 13.0. The first-order valence-electron chi connectivity index (χ1n) is 9.64. The zero-order valence-electron chi connectivity index (χ0n) is 16.2. The molecule has 1 aliphatic heterocycles. The molecule has 1 aliphatic carbocycles. The van der Waals surface area contributed by atoms with Crippen molar-refractivity contribution in [1.29, 1.82) is 0 Å². The van der Waals surface area contributed by atoms with Crippen molar-refractivity contribution in [3.05, 3.63) is 11.8 Å². The zero-order valence-corrected chi connectivity index (χ0v) is 17.0. The lowest BCUT2D eigenvalue weighted by Crippen LogP contribution is -2.34. The highest BCUT2D eigenvalue weighted by molar-refractivity contribution is 7.99. The standard InChI is InChI=1S/C18H27N7OS/c1-12-6-8-24(9-7-12)17-20-21-18(25(17)14-4-5-14)27-11-16(26)19-15-10-13(2)22-23(15)3/h10,12,14H,4-9,11H2,1-3H3,(H,19,26). The number of hydrogen-bond acceptors (Lipinski definition) is 6. The number of rotatable bonds is 6. The van der Waals surface area contributed by atoms with Crippen molar-refractivity contribution < 1.29 is 4.79 Å². The lowest BCUT2D eigenvalue weighted by Gasteiger charge is -2.31. The molecule has 3 heterocycles. The molecule has 0 atom stereocenters. The summed E-state index contributed by atoms with van der Waals surface area (Å²) in [6.45, 7) is 6.30. The van der Waals surface area contributed by atoms with Crippen molar-refractivity contribution >= 4 is 29.4 Å². The molecule has 146 valence electrons. The molecule has 2 fully saturated rings. The Labute approximate surface area is 163 Å². The van der Waals surface area contributed by atoms with Crippen molar-refractivity contribution in [1.82, 2.24) is 24.5 Å². The number of anilines is 2. The molecule has 2 aromatic rings. The van der Waals surface area contributed by atoms with Gasteiger partial charge in [0, 0.05) is 32.2 Å². The van der Waals surface area contributed by atoms with Crippen molar-refractivity contribution in [2.24, 2.45) is 13.0 Å². The molecule has 0 unspecified atom stereocenters. The summed E-state index contributed by atoms with van der Waals surface area (Å²) < 4.78 is 3.93. The quantitative estimate of drug-likeness (QED) is 0.765. The molecule has 27 heavy (non-hydrogen) atoms. The predicted molar refractivity (Wildman–Crippen MR) is 106 cm³/mol. The van der Waals surface area contributed by atoms with Gasteiger partial charge in [-0.3, -0.25) is 14.0 Å². The average molecular weight is 390 g/mol. The topological polar surface area (TPSA) is 80.9 Å². The molecule has 1 N–H and O–H groups in total. The molecule has 2 aromatic heterocycles. The third kappa shape index (κ3) is 4.12. The van der Waals surface area contributed by atoms with E-state index in [1.807, 2.05) is 20.0 Å². The van der Waals surface area contributed by atoms with Crippen LogP contribution >= 0.6 is 11.8 Å². The van der Waals surface area contributed by atoms with Crippen LogP contribution < -0.4 is 10.2 Å². The van der Waals surface area contributed by atoms with Crippen LogP contribution in [0.1, 0.15) is 44.3 Å². The number of carbonyl (C=O) groups excluding carboxylic acids is 1. The fraction of sp³-hybridized carbons (Fsp3) is 0.667. The Morgan fingerprint density at radius 1 is 1.26 bits per heavy atom. The van der Waals surface area contributed by atoms with Gasteiger partial charge < -0.3 is 10.2 Å². The summed E-state index contributed by atoms with van der Waals surface area (Å²) >= 11 is 1.46. The average Bonchev–Trinajstić information content (AvgIpc) is 3.31. The number of aromatic nitrogens is 5. The molecule has 0 spiro atoms. The number of thioether (sulfide) groups is 1. The summed E-state index contributed by atoms with van der Waals surface area (Å²) in [4.78, 5) is 14.7. The van der Waals surface area contributed by atoms with E-state index in [2.05, 4.69) is 37.0 Å². The molecule has 0 aromatic carbocycles. The highest BCUT2D eigenvalue weighted by atomic mass is 32.2. The Morgan fingerprint density at radius 2 is 2.00 bits per heavy atom. The molecule has 2 aliphatic rings. The van der Waals surface area contributed by atoms with E-state index in [-0.39, 0.29) is 5.91 Å². The number of hydrogen-bond donors (Lipinski definition) is 1. The van der Waals surface area contributed by atoms with Crippen LogP contribution in [0.4, 0.5) is 11.8 Å².